The van der Waals surface area contributed by atoms with Crippen LogP contribution in [0, 0.1) is 0 Å². The van der Waals surface area contributed by atoms with Crippen molar-refractivity contribution in [3.05, 3.63) is 35.4 Å². The lowest BCUT2D eigenvalue weighted by Gasteiger charge is -2.28. The second-order valence-electron chi connectivity index (χ2n) is 6.44. The Morgan fingerprint density at radius 1 is 1.00 bits per heavy atom. The van der Waals surface area contributed by atoms with Crippen molar-refractivity contribution in [1.82, 2.24) is 9.80 Å². The van der Waals surface area contributed by atoms with Gasteiger partial charge in [-0.2, -0.15) is 0 Å². The van der Waals surface area contributed by atoms with Crippen molar-refractivity contribution in [1.29, 1.82) is 0 Å². The first-order valence-electron chi connectivity index (χ1n) is 8.67. The molecule has 0 spiro atoms. The summed E-state index contributed by atoms with van der Waals surface area (Å²) in [6, 6.07) is 8.77. The minimum absolute atomic E-state index is 0.749. The van der Waals surface area contributed by atoms with E-state index >= 15 is 0 Å². The molecule has 4 heteroatoms. The molecule has 4 nitrogen and oxygen atoms in total. The van der Waals surface area contributed by atoms with E-state index in [0.717, 1.165) is 51.6 Å². The van der Waals surface area contributed by atoms with E-state index in [9.17, 15) is 0 Å². The Labute approximate surface area is 134 Å². The third kappa shape index (κ3) is 4.01. The number of nitrogens with zero attached hydrogens (tertiary/aromatic N) is 3. The summed E-state index contributed by atoms with van der Waals surface area (Å²) in [5.41, 5.74) is 9.14. The average molecular weight is 300 g/mol. The second-order valence-corrected chi connectivity index (χ2v) is 6.44. The number of rotatable bonds is 3. The molecule has 2 heterocycles. The van der Waals surface area contributed by atoms with Gasteiger partial charge < -0.3 is 10.6 Å². The third-order valence-corrected chi connectivity index (χ3v) is 4.83. The molecule has 0 bridgehead atoms. The molecular weight excluding hydrogens is 272 g/mol. The molecule has 1 aromatic rings. The highest BCUT2D eigenvalue weighted by atomic mass is 15.3. The van der Waals surface area contributed by atoms with Gasteiger partial charge in [-0.15, -0.1) is 0 Å². The van der Waals surface area contributed by atoms with Crippen LogP contribution in [0.1, 0.15) is 36.8 Å². The zero-order chi connectivity index (χ0) is 15.2. The van der Waals surface area contributed by atoms with Gasteiger partial charge in [-0.25, -0.2) is 0 Å². The maximum atomic E-state index is 6.17. The molecule has 0 aromatic heterocycles. The molecule has 2 N–H and O–H groups in total. The van der Waals surface area contributed by atoms with E-state index in [1.54, 1.807) is 0 Å². The monoisotopic (exact) mass is 300 g/mol. The molecule has 2 aliphatic rings. The number of likely N-dealkylation sites (tertiary alicyclic amines) is 1. The molecule has 2 aliphatic heterocycles. The van der Waals surface area contributed by atoms with Gasteiger partial charge in [0.15, 0.2) is 5.96 Å². The Hall–Kier alpha value is -1.55. The zero-order valence-corrected chi connectivity index (χ0v) is 13.5. The van der Waals surface area contributed by atoms with Crippen molar-refractivity contribution in [2.45, 2.75) is 38.6 Å². The van der Waals surface area contributed by atoms with Crippen LogP contribution in [0.4, 0.5) is 0 Å². The largest absolute Gasteiger partial charge is 0.370 e. The summed E-state index contributed by atoms with van der Waals surface area (Å²) in [7, 11) is 0. The highest BCUT2D eigenvalue weighted by molar-refractivity contribution is 5.78. The van der Waals surface area contributed by atoms with Crippen molar-refractivity contribution in [3.8, 4) is 0 Å². The van der Waals surface area contributed by atoms with E-state index < -0.39 is 0 Å². The van der Waals surface area contributed by atoms with Crippen molar-refractivity contribution < 1.29 is 0 Å². The molecule has 0 radical (unpaired) electrons. The Kier molecular flexibility index (Phi) is 5.33. The van der Waals surface area contributed by atoms with Gasteiger partial charge in [-0.1, -0.05) is 37.1 Å². The predicted octanol–water partition coefficient (Wildman–Crippen LogP) is 2.24. The molecule has 0 saturated carbocycles. The van der Waals surface area contributed by atoms with Gasteiger partial charge in [0.2, 0.25) is 0 Å². The summed E-state index contributed by atoms with van der Waals surface area (Å²) in [5.74, 6) is 0.749. The van der Waals surface area contributed by atoms with Crippen LogP contribution in [0.2, 0.25) is 0 Å². The minimum atomic E-state index is 0.749. The van der Waals surface area contributed by atoms with E-state index in [-0.39, 0.29) is 0 Å². The topological polar surface area (TPSA) is 44.9 Å². The summed E-state index contributed by atoms with van der Waals surface area (Å²) in [6.07, 6.45) is 6.31. The fourth-order valence-electron chi connectivity index (χ4n) is 3.45. The molecule has 0 aliphatic carbocycles. The summed E-state index contributed by atoms with van der Waals surface area (Å²) in [5, 5.41) is 0. The summed E-state index contributed by atoms with van der Waals surface area (Å²) >= 11 is 0. The standard InChI is InChI=1S/C18H28N4/c19-18(22-11-5-1-2-6-12-22)20-10-14-21-13-9-16-7-3-4-8-17(16)15-21/h3-4,7-8H,1-2,5-6,9-15H2,(H2,19,20). The number of guanidine groups is 1. The van der Waals surface area contributed by atoms with Gasteiger partial charge in [-0.3, -0.25) is 9.89 Å². The second kappa shape index (κ2) is 7.63. The summed E-state index contributed by atoms with van der Waals surface area (Å²) in [4.78, 5) is 9.37. The fraction of sp³-hybridized carbons (Fsp3) is 0.611. The first-order valence-corrected chi connectivity index (χ1v) is 8.67. The van der Waals surface area contributed by atoms with Crippen LogP contribution in [-0.4, -0.2) is 48.5 Å². The van der Waals surface area contributed by atoms with Crippen LogP contribution in [0.25, 0.3) is 0 Å². The normalized spacial score (nSPS) is 20.5. The number of nitrogens with two attached hydrogens (primary N) is 1. The highest BCUT2D eigenvalue weighted by Crippen LogP contribution is 2.18. The van der Waals surface area contributed by atoms with Gasteiger partial charge in [-0.05, 0) is 30.4 Å². The lowest BCUT2D eigenvalue weighted by Crippen LogP contribution is -2.39. The first kappa shape index (κ1) is 15.3. The van der Waals surface area contributed by atoms with Crippen molar-refractivity contribution in [2.24, 2.45) is 10.7 Å². The third-order valence-electron chi connectivity index (χ3n) is 4.83. The van der Waals surface area contributed by atoms with E-state index in [1.807, 2.05) is 0 Å². The van der Waals surface area contributed by atoms with Gasteiger partial charge in [0.1, 0.15) is 0 Å². The van der Waals surface area contributed by atoms with E-state index in [0.29, 0.717) is 0 Å². The van der Waals surface area contributed by atoms with Gasteiger partial charge in [0.05, 0.1) is 6.54 Å². The van der Waals surface area contributed by atoms with Crippen molar-refractivity contribution in [3.63, 3.8) is 0 Å². The Morgan fingerprint density at radius 2 is 1.73 bits per heavy atom. The highest BCUT2D eigenvalue weighted by Gasteiger charge is 2.15. The van der Waals surface area contributed by atoms with Crippen LogP contribution >= 0.6 is 0 Å². The van der Waals surface area contributed by atoms with Gasteiger partial charge in [0.25, 0.3) is 0 Å². The smallest absolute Gasteiger partial charge is 0.191 e. The molecule has 0 amide bonds. The maximum absolute atomic E-state index is 6.17. The number of hydrogen-bond acceptors (Lipinski definition) is 2. The average Bonchev–Trinajstić information content (AvgIpc) is 2.84. The quantitative estimate of drug-likeness (QED) is 0.688. The van der Waals surface area contributed by atoms with E-state index in [2.05, 4.69) is 39.1 Å². The van der Waals surface area contributed by atoms with E-state index in [1.165, 1.54) is 36.8 Å². The van der Waals surface area contributed by atoms with Crippen molar-refractivity contribution >= 4 is 5.96 Å². The minimum Gasteiger partial charge on any atom is -0.370 e. The van der Waals surface area contributed by atoms with Crippen LogP contribution in [0.3, 0.4) is 0 Å². The lowest BCUT2D eigenvalue weighted by molar-refractivity contribution is 0.261. The van der Waals surface area contributed by atoms with Gasteiger partial charge >= 0.3 is 0 Å². The fourth-order valence-corrected chi connectivity index (χ4v) is 3.45. The molecule has 120 valence electrons. The molecule has 1 saturated heterocycles. The molecule has 22 heavy (non-hydrogen) atoms. The predicted molar refractivity (Wildman–Crippen MR) is 92.0 cm³/mol. The Morgan fingerprint density at radius 3 is 2.50 bits per heavy atom. The number of fused-ring (bicyclic) bond motifs is 1. The SMILES string of the molecule is NC(=NCCN1CCc2ccccc2C1)N1CCCCCC1. The number of hydrogen-bond donors (Lipinski definition) is 1. The summed E-state index contributed by atoms with van der Waals surface area (Å²) in [6.45, 7) is 6.15. The summed E-state index contributed by atoms with van der Waals surface area (Å²) < 4.78 is 0. The first-order chi connectivity index (χ1) is 10.8. The van der Waals surface area contributed by atoms with E-state index in [4.69, 9.17) is 5.73 Å². The molecular formula is C18H28N4. The lowest BCUT2D eigenvalue weighted by atomic mass is 10.0. The van der Waals surface area contributed by atoms with Gasteiger partial charge in [0, 0.05) is 32.7 Å². The Balaban J connectivity index is 1.47. The Bertz CT molecular complexity index is 504. The molecule has 1 fully saturated rings. The van der Waals surface area contributed by atoms with Crippen molar-refractivity contribution in [2.75, 3.05) is 32.7 Å². The molecule has 0 atom stereocenters. The zero-order valence-electron chi connectivity index (χ0n) is 13.5. The van der Waals surface area contributed by atoms with Crippen LogP contribution < -0.4 is 5.73 Å². The molecule has 3 rings (SSSR count). The number of aliphatic imine (C=N–C) groups is 1. The number of benzene rings is 1. The van der Waals surface area contributed by atoms with Crippen LogP contribution in [-0.2, 0) is 13.0 Å². The van der Waals surface area contributed by atoms with Crippen LogP contribution in [0.15, 0.2) is 29.3 Å². The molecule has 1 aromatic carbocycles. The maximum Gasteiger partial charge on any atom is 0.191 e. The molecule has 0 unspecified atom stereocenters. The van der Waals surface area contributed by atoms with Crippen LogP contribution in [0.5, 0.6) is 0 Å².